The summed E-state index contributed by atoms with van der Waals surface area (Å²) >= 11 is 0. The summed E-state index contributed by atoms with van der Waals surface area (Å²) in [5.74, 6) is -1.61. The Balaban J connectivity index is 1.78. The molecule has 1 heterocycles. The lowest BCUT2D eigenvalue weighted by molar-refractivity contribution is -0.140. The van der Waals surface area contributed by atoms with Crippen molar-refractivity contribution in [3.05, 3.63) is 29.3 Å². The summed E-state index contributed by atoms with van der Waals surface area (Å²) in [7, 11) is 0. The number of imide groups is 1. The second-order valence-electron chi connectivity index (χ2n) is 24.7. The Bertz CT molecular complexity index is 2080. The average Bonchev–Trinajstić information content (AvgIpc) is 1.83. The molecule has 1 aromatic carbocycles. The minimum Gasteiger partial charge on any atom is -0.492 e. The van der Waals surface area contributed by atoms with Gasteiger partial charge in [0.05, 0.1) is 85.8 Å². The maximum atomic E-state index is 13.5. The van der Waals surface area contributed by atoms with Crippen LogP contribution in [0.2, 0.25) is 0 Å². The highest BCUT2D eigenvalue weighted by Gasteiger charge is 2.40. The molecule has 1 aromatic rings. The minimum absolute atomic E-state index is 0.00702. The lowest BCUT2D eigenvalue weighted by atomic mass is 9.93. The molecule has 8 amide bonds. The molecule has 3 atom stereocenters. The van der Waals surface area contributed by atoms with Crippen LogP contribution >= 0.6 is 0 Å². The third-order valence-corrected chi connectivity index (χ3v) is 16.4. The molecule has 1 fully saturated rings. The summed E-state index contributed by atoms with van der Waals surface area (Å²) < 4.78 is 39.7. The summed E-state index contributed by atoms with van der Waals surface area (Å²) in [5, 5.41) is 17.4. The quantitative estimate of drug-likeness (QED) is 0.0262. The number of carbonyl (C=O) groups is 8. The number of benzene rings is 1. The predicted octanol–water partition coefficient (Wildman–Crippen LogP) is 9.58. The van der Waals surface area contributed by atoms with Gasteiger partial charge in [0.25, 0.3) is 11.8 Å². The Labute approximate surface area is 558 Å². The van der Waals surface area contributed by atoms with Gasteiger partial charge in [-0.2, -0.15) is 0 Å². The van der Waals surface area contributed by atoms with E-state index in [4.69, 9.17) is 33.2 Å². The van der Waals surface area contributed by atoms with Gasteiger partial charge in [0.15, 0.2) is 0 Å². The fourth-order valence-electron chi connectivity index (χ4n) is 10.8. The van der Waals surface area contributed by atoms with E-state index >= 15 is 0 Å². The number of rotatable bonds is 63. The van der Waals surface area contributed by atoms with Crippen molar-refractivity contribution in [1.29, 1.82) is 0 Å². The number of ether oxygens (including phenoxy) is 7. The molecule has 93 heavy (non-hydrogen) atoms. The van der Waals surface area contributed by atoms with Crippen LogP contribution < -0.4 is 36.6 Å². The molecule has 2 rings (SSSR count). The normalized spacial score (nSPS) is 13.7. The third kappa shape index (κ3) is 42.7. The molecule has 1 aliphatic rings. The summed E-state index contributed by atoms with van der Waals surface area (Å²) in [6.07, 6.45) is 27.3. The third-order valence-electron chi connectivity index (χ3n) is 16.4. The molecule has 1 saturated heterocycles. The molecule has 22 heteroatoms. The second kappa shape index (κ2) is 57.0. The smallest absolute Gasteiger partial charge is 0.251 e. The summed E-state index contributed by atoms with van der Waals surface area (Å²) in [5.41, 5.74) is 0.386. The van der Waals surface area contributed by atoms with Gasteiger partial charge in [-0.05, 0) is 49.8 Å². The van der Waals surface area contributed by atoms with Crippen molar-refractivity contribution in [3.8, 4) is 5.75 Å². The summed E-state index contributed by atoms with van der Waals surface area (Å²) in [6, 6.07) is 4.56. The highest BCUT2D eigenvalue weighted by Crippen LogP contribution is 2.27. The van der Waals surface area contributed by atoms with Gasteiger partial charge in [0, 0.05) is 87.4 Å². The van der Waals surface area contributed by atoms with E-state index in [9.17, 15) is 38.4 Å². The van der Waals surface area contributed by atoms with Gasteiger partial charge >= 0.3 is 0 Å². The molecule has 3 unspecified atom stereocenters. The largest absolute Gasteiger partial charge is 0.492 e. The van der Waals surface area contributed by atoms with Crippen LogP contribution in [-0.4, -0.2) is 184 Å². The zero-order valence-corrected chi connectivity index (χ0v) is 58.3. The molecule has 0 aliphatic carbocycles. The van der Waals surface area contributed by atoms with E-state index in [1.165, 1.54) is 87.3 Å². The molecule has 0 aromatic heterocycles. The van der Waals surface area contributed by atoms with Gasteiger partial charge in [0.2, 0.25) is 35.4 Å². The van der Waals surface area contributed by atoms with Crippen LogP contribution in [0.15, 0.2) is 18.2 Å². The van der Waals surface area contributed by atoms with Crippen LogP contribution in [0, 0.1) is 23.7 Å². The summed E-state index contributed by atoms with van der Waals surface area (Å²) in [4.78, 5) is 104. The van der Waals surface area contributed by atoms with Crippen LogP contribution in [0.4, 0.5) is 0 Å². The molecular weight excluding hydrogens is 1190 g/mol. The number of carbonyl (C=O) groups excluding carboxylic acids is 8. The second-order valence-corrected chi connectivity index (χ2v) is 24.7. The Morgan fingerprint density at radius 2 is 0.763 bits per heavy atom. The van der Waals surface area contributed by atoms with Gasteiger partial charge in [-0.3, -0.25) is 43.3 Å². The van der Waals surface area contributed by atoms with E-state index < -0.39 is 11.8 Å². The highest BCUT2D eigenvalue weighted by molar-refractivity contribution is 6.04. The van der Waals surface area contributed by atoms with Crippen molar-refractivity contribution in [3.63, 3.8) is 0 Å². The van der Waals surface area contributed by atoms with Gasteiger partial charge < -0.3 is 65.1 Å². The molecular formula is C71H125N7O15. The standard InChI is InChI=1S/C71H125N7O15/c1-7-11-15-19-21-25-29-58(27-23-17-13-9-3)67(82)74-34-42-88-44-36-76-69(84)60-53-61(70(85)77-37-45-89-43-35-75-68(83)59(28-24-18-14-10-4)30-26-22-20-16-12-8-2)55-62(54-60)93-46-38-73-65(80)32-40-87-47-49-91-51-52-92-50-48-90-41-33-72-64(79)31-39-78-66(81)56-63(57(5)6)71(78)86/h53-55,57-59,63H,7-52,56H2,1-6H3,(H,72,79)(H,73,80)(H,74,82)(H,75,83)(H,76,84)(H,77,85). The van der Waals surface area contributed by atoms with Gasteiger partial charge in [0.1, 0.15) is 12.4 Å². The monoisotopic (exact) mass is 1320 g/mol. The molecule has 0 saturated carbocycles. The first-order chi connectivity index (χ1) is 45.3. The van der Waals surface area contributed by atoms with E-state index in [2.05, 4.69) is 59.6 Å². The van der Waals surface area contributed by atoms with Crippen molar-refractivity contribution in [2.75, 3.05) is 132 Å². The minimum atomic E-state index is -0.439. The first-order valence-corrected chi connectivity index (χ1v) is 36.0. The van der Waals surface area contributed by atoms with Crippen molar-refractivity contribution in [2.24, 2.45) is 23.7 Å². The number of hydrogen-bond donors (Lipinski definition) is 6. The van der Waals surface area contributed by atoms with Gasteiger partial charge in [-0.1, -0.05) is 170 Å². The molecule has 0 bridgehead atoms. The molecule has 1 aliphatic heterocycles. The SMILES string of the molecule is CCCCCCCCC(CCCCCC)C(=O)NCCOCCNC(=O)c1cc(OCCNC(=O)CCOCCOCCOCCOCCNC(=O)CCN2C(=O)CC(C(C)C)C2=O)cc(C(=O)NCCOCCNC(=O)C(CCCCCC)CCCCCCCC)c1. The number of likely N-dealkylation sites (tertiary alicyclic amines) is 1. The topological polar surface area (TPSA) is 277 Å². The Morgan fingerprint density at radius 1 is 0.419 bits per heavy atom. The molecule has 6 N–H and O–H groups in total. The van der Waals surface area contributed by atoms with Crippen LogP contribution in [0.25, 0.3) is 0 Å². The van der Waals surface area contributed by atoms with E-state index in [1.54, 1.807) is 0 Å². The summed E-state index contributed by atoms with van der Waals surface area (Å²) in [6.45, 7) is 17.8. The fraction of sp³-hybridized carbons (Fsp3) is 0.803. The van der Waals surface area contributed by atoms with E-state index in [0.29, 0.717) is 65.9 Å². The van der Waals surface area contributed by atoms with E-state index in [0.717, 1.165) is 89.9 Å². The van der Waals surface area contributed by atoms with Crippen molar-refractivity contribution in [2.45, 2.75) is 215 Å². The van der Waals surface area contributed by atoms with Crippen molar-refractivity contribution >= 4 is 47.3 Å². The average molecular weight is 1320 g/mol. The zero-order valence-electron chi connectivity index (χ0n) is 58.3. The van der Waals surface area contributed by atoms with Crippen LogP contribution in [0.5, 0.6) is 5.75 Å². The zero-order chi connectivity index (χ0) is 67.8. The molecule has 0 radical (unpaired) electrons. The number of unbranched alkanes of at least 4 members (excludes halogenated alkanes) is 16. The highest BCUT2D eigenvalue weighted by atomic mass is 16.6. The number of nitrogens with one attached hydrogen (secondary N) is 6. The Morgan fingerprint density at radius 3 is 1.18 bits per heavy atom. The predicted molar refractivity (Wildman–Crippen MR) is 363 cm³/mol. The first-order valence-electron chi connectivity index (χ1n) is 36.0. The maximum Gasteiger partial charge on any atom is 0.251 e. The molecule has 0 spiro atoms. The first kappa shape index (κ1) is 83.8. The Kier molecular flexibility index (Phi) is 51.4. The van der Waals surface area contributed by atoms with Crippen LogP contribution in [0.3, 0.4) is 0 Å². The van der Waals surface area contributed by atoms with Crippen LogP contribution in [-0.2, 0) is 57.2 Å². The number of hydrogen-bond acceptors (Lipinski definition) is 15. The van der Waals surface area contributed by atoms with Crippen molar-refractivity contribution in [1.82, 2.24) is 36.8 Å². The lowest BCUT2D eigenvalue weighted by Gasteiger charge is -2.17. The van der Waals surface area contributed by atoms with Crippen LogP contribution in [0.1, 0.15) is 236 Å². The van der Waals surface area contributed by atoms with E-state index in [-0.39, 0.29) is 161 Å². The maximum absolute atomic E-state index is 13.5. The molecule has 22 nitrogen and oxygen atoms in total. The van der Waals surface area contributed by atoms with Gasteiger partial charge in [-0.25, -0.2) is 0 Å². The fourth-order valence-corrected chi connectivity index (χ4v) is 10.8. The number of nitrogens with zero attached hydrogens (tertiary/aromatic N) is 1. The Hall–Kier alpha value is -5.26. The number of amides is 8. The molecule has 534 valence electrons. The lowest BCUT2D eigenvalue weighted by Crippen LogP contribution is -2.36. The van der Waals surface area contributed by atoms with Gasteiger partial charge in [-0.15, -0.1) is 0 Å². The van der Waals surface area contributed by atoms with E-state index in [1.807, 2.05) is 13.8 Å². The van der Waals surface area contributed by atoms with Crippen molar-refractivity contribution < 1.29 is 71.5 Å².